The second-order valence-electron chi connectivity index (χ2n) is 4.91. The number of hydrogen-bond donors (Lipinski definition) is 2. The Morgan fingerprint density at radius 2 is 2.35 bits per heavy atom. The highest BCUT2D eigenvalue weighted by Crippen LogP contribution is 2.21. The van der Waals surface area contributed by atoms with Crippen molar-refractivity contribution in [2.75, 3.05) is 25.1 Å². The van der Waals surface area contributed by atoms with Crippen LogP contribution in [0.2, 0.25) is 0 Å². The molecule has 2 rings (SSSR count). The maximum Gasteiger partial charge on any atom is 0.244 e. The third-order valence-electron chi connectivity index (χ3n) is 3.42. The van der Waals surface area contributed by atoms with Gasteiger partial charge in [-0.3, -0.25) is 0 Å². The van der Waals surface area contributed by atoms with Crippen molar-refractivity contribution in [3.63, 3.8) is 0 Å². The van der Waals surface area contributed by atoms with E-state index in [2.05, 4.69) is 15.0 Å². The summed E-state index contributed by atoms with van der Waals surface area (Å²) in [6.45, 7) is 5.70. The number of rotatable bonds is 6. The summed E-state index contributed by atoms with van der Waals surface area (Å²) in [5.41, 5.74) is 0. The van der Waals surface area contributed by atoms with Crippen LogP contribution in [0.25, 0.3) is 0 Å². The molecular formula is C13H21N3O3S. The third-order valence-corrected chi connectivity index (χ3v) is 5.01. The van der Waals surface area contributed by atoms with Crippen LogP contribution in [0.3, 0.4) is 0 Å². The number of ether oxygens (including phenoxy) is 1. The zero-order chi connectivity index (χ0) is 14.6. The average molecular weight is 299 g/mol. The molecule has 1 saturated heterocycles. The van der Waals surface area contributed by atoms with Gasteiger partial charge in [-0.2, -0.15) is 0 Å². The Bertz CT molecular complexity index is 542. The van der Waals surface area contributed by atoms with Crippen molar-refractivity contribution < 1.29 is 13.2 Å². The lowest BCUT2D eigenvalue weighted by Crippen LogP contribution is -2.38. The number of sulfonamides is 1. The van der Waals surface area contributed by atoms with Crippen molar-refractivity contribution in [3.05, 3.63) is 18.3 Å². The Labute approximate surface area is 120 Å². The highest BCUT2D eigenvalue weighted by molar-refractivity contribution is 7.89. The van der Waals surface area contributed by atoms with Gasteiger partial charge in [-0.1, -0.05) is 0 Å². The number of hydrogen-bond acceptors (Lipinski definition) is 5. The minimum atomic E-state index is -3.58. The van der Waals surface area contributed by atoms with Gasteiger partial charge in [0.25, 0.3) is 0 Å². The summed E-state index contributed by atoms with van der Waals surface area (Å²) in [6, 6.07) is 3.03. The van der Waals surface area contributed by atoms with Crippen molar-refractivity contribution in [2.24, 2.45) is 5.92 Å². The fourth-order valence-corrected chi connectivity index (χ4v) is 3.71. The van der Waals surface area contributed by atoms with Crippen LogP contribution in [-0.4, -0.2) is 39.2 Å². The van der Waals surface area contributed by atoms with Crippen LogP contribution in [0.15, 0.2) is 23.2 Å². The van der Waals surface area contributed by atoms with Crippen molar-refractivity contribution in [2.45, 2.75) is 31.2 Å². The van der Waals surface area contributed by atoms with Crippen LogP contribution in [-0.2, 0) is 14.8 Å². The van der Waals surface area contributed by atoms with Gasteiger partial charge in [0.1, 0.15) is 10.7 Å². The molecule has 6 nitrogen and oxygen atoms in total. The summed E-state index contributed by atoms with van der Waals surface area (Å²) in [5, 5.41) is 2.97. The smallest absolute Gasteiger partial charge is 0.244 e. The fraction of sp³-hybridized carbons (Fsp3) is 0.615. The van der Waals surface area contributed by atoms with Crippen molar-refractivity contribution in [3.8, 4) is 0 Å². The van der Waals surface area contributed by atoms with Gasteiger partial charge in [0.15, 0.2) is 0 Å². The zero-order valence-electron chi connectivity index (χ0n) is 11.8. The Morgan fingerprint density at radius 1 is 1.55 bits per heavy atom. The summed E-state index contributed by atoms with van der Waals surface area (Å²) in [4.78, 5) is 4.27. The Hall–Kier alpha value is -1.18. The molecule has 2 N–H and O–H groups in total. The monoisotopic (exact) mass is 299 g/mol. The first kappa shape index (κ1) is 15.2. The molecule has 2 atom stereocenters. The van der Waals surface area contributed by atoms with E-state index in [1.54, 1.807) is 18.3 Å². The van der Waals surface area contributed by atoms with Gasteiger partial charge in [0, 0.05) is 31.3 Å². The molecule has 0 saturated carbocycles. The van der Waals surface area contributed by atoms with Crippen LogP contribution in [0.5, 0.6) is 0 Å². The van der Waals surface area contributed by atoms with E-state index in [0.29, 0.717) is 25.6 Å². The summed E-state index contributed by atoms with van der Waals surface area (Å²) < 4.78 is 33.0. The SMILES string of the molecule is CCNc1ncccc1S(=O)(=O)NC(C)C1CCOC1. The van der Waals surface area contributed by atoms with Crippen LogP contribution in [0.1, 0.15) is 20.3 Å². The van der Waals surface area contributed by atoms with Crippen molar-refractivity contribution >= 4 is 15.8 Å². The van der Waals surface area contributed by atoms with Gasteiger partial charge in [-0.25, -0.2) is 18.1 Å². The molecule has 1 aromatic heterocycles. The molecule has 1 aliphatic rings. The van der Waals surface area contributed by atoms with Gasteiger partial charge >= 0.3 is 0 Å². The van der Waals surface area contributed by atoms with Gasteiger partial charge < -0.3 is 10.1 Å². The van der Waals surface area contributed by atoms with E-state index >= 15 is 0 Å². The van der Waals surface area contributed by atoms with Gasteiger partial charge in [-0.05, 0) is 32.4 Å². The van der Waals surface area contributed by atoms with Crippen molar-refractivity contribution in [1.82, 2.24) is 9.71 Å². The Balaban J connectivity index is 2.17. The number of pyridine rings is 1. The summed E-state index contributed by atoms with van der Waals surface area (Å²) in [7, 11) is -3.58. The fourth-order valence-electron chi connectivity index (χ4n) is 2.26. The lowest BCUT2D eigenvalue weighted by molar-refractivity contribution is 0.180. The first-order chi connectivity index (χ1) is 9.54. The lowest BCUT2D eigenvalue weighted by atomic mass is 10.0. The Kier molecular flexibility index (Phi) is 4.95. The first-order valence-corrected chi connectivity index (χ1v) is 8.32. The highest BCUT2D eigenvalue weighted by atomic mass is 32.2. The normalized spacial score (nSPS) is 20.8. The predicted octanol–water partition coefficient (Wildman–Crippen LogP) is 1.22. The molecule has 1 aromatic rings. The number of nitrogens with one attached hydrogen (secondary N) is 2. The van der Waals surface area contributed by atoms with E-state index in [1.807, 2.05) is 13.8 Å². The van der Waals surface area contributed by atoms with E-state index in [0.717, 1.165) is 6.42 Å². The average Bonchev–Trinajstić information content (AvgIpc) is 2.93. The van der Waals surface area contributed by atoms with E-state index in [-0.39, 0.29) is 16.9 Å². The molecule has 7 heteroatoms. The molecular weight excluding hydrogens is 278 g/mol. The van der Waals surface area contributed by atoms with E-state index in [9.17, 15) is 8.42 Å². The second-order valence-corrected chi connectivity index (χ2v) is 6.60. The topological polar surface area (TPSA) is 80.3 Å². The maximum absolute atomic E-state index is 12.5. The van der Waals surface area contributed by atoms with Crippen molar-refractivity contribution in [1.29, 1.82) is 0 Å². The molecule has 2 unspecified atom stereocenters. The predicted molar refractivity (Wildman–Crippen MR) is 77.1 cm³/mol. The molecule has 20 heavy (non-hydrogen) atoms. The quantitative estimate of drug-likeness (QED) is 0.825. The molecule has 0 amide bonds. The summed E-state index contributed by atoms with van der Waals surface area (Å²) in [5.74, 6) is 0.612. The van der Waals surface area contributed by atoms with Crippen LogP contribution in [0.4, 0.5) is 5.82 Å². The molecule has 0 spiro atoms. The van der Waals surface area contributed by atoms with Crippen LogP contribution in [0, 0.1) is 5.92 Å². The lowest BCUT2D eigenvalue weighted by Gasteiger charge is -2.20. The summed E-state index contributed by atoms with van der Waals surface area (Å²) in [6.07, 6.45) is 2.46. The number of aromatic nitrogens is 1. The molecule has 0 bridgehead atoms. The largest absolute Gasteiger partial charge is 0.381 e. The highest BCUT2D eigenvalue weighted by Gasteiger charge is 2.28. The minimum absolute atomic E-state index is 0.155. The number of anilines is 1. The zero-order valence-corrected chi connectivity index (χ0v) is 12.6. The molecule has 0 aliphatic carbocycles. The van der Waals surface area contributed by atoms with Gasteiger partial charge in [0.2, 0.25) is 10.0 Å². The molecule has 2 heterocycles. The third kappa shape index (κ3) is 3.47. The van der Waals surface area contributed by atoms with E-state index < -0.39 is 10.0 Å². The van der Waals surface area contributed by atoms with Crippen LogP contribution < -0.4 is 10.0 Å². The van der Waals surface area contributed by atoms with E-state index in [1.165, 1.54) is 0 Å². The molecule has 0 radical (unpaired) electrons. The van der Waals surface area contributed by atoms with Gasteiger partial charge in [-0.15, -0.1) is 0 Å². The molecule has 112 valence electrons. The van der Waals surface area contributed by atoms with Gasteiger partial charge in [0.05, 0.1) is 6.61 Å². The minimum Gasteiger partial charge on any atom is -0.381 e. The molecule has 1 aliphatic heterocycles. The second kappa shape index (κ2) is 6.51. The van der Waals surface area contributed by atoms with E-state index in [4.69, 9.17) is 4.74 Å². The Morgan fingerprint density at radius 3 is 3.00 bits per heavy atom. The summed E-state index contributed by atoms with van der Waals surface area (Å²) >= 11 is 0. The molecule has 0 aromatic carbocycles. The maximum atomic E-state index is 12.5. The first-order valence-electron chi connectivity index (χ1n) is 6.83. The standard InChI is InChI=1S/C13H21N3O3S/c1-3-14-13-12(5-4-7-15-13)20(17,18)16-10(2)11-6-8-19-9-11/h4-5,7,10-11,16H,3,6,8-9H2,1-2H3,(H,14,15). The number of nitrogens with zero attached hydrogens (tertiary/aromatic N) is 1. The van der Waals surface area contributed by atoms with Crippen LogP contribution >= 0.6 is 0 Å². The molecule has 1 fully saturated rings.